The monoisotopic (exact) mass is 724 g/mol. The first-order valence-corrected chi connectivity index (χ1v) is 18.0. The van der Waals surface area contributed by atoms with Crippen molar-refractivity contribution >= 4 is 23.6 Å². The minimum absolute atomic E-state index is 0.0399. The first-order valence-electron chi connectivity index (χ1n) is 17.0. The van der Waals surface area contributed by atoms with Crippen LogP contribution in [-0.2, 0) is 32.2 Å². The maximum atomic E-state index is 12.5. The molecule has 5 aromatic rings. The number of nitrogens with one attached hydrogen (secondary N) is 2. The fourth-order valence-corrected chi connectivity index (χ4v) is 6.81. The zero-order valence-corrected chi connectivity index (χ0v) is 29.1. The molecule has 1 aliphatic rings. The fourth-order valence-electron chi connectivity index (χ4n) is 5.90. The summed E-state index contributed by atoms with van der Waals surface area (Å²) in [6.07, 6.45) is 0.975. The van der Waals surface area contributed by atoms with Crippen LogP contribution in [-0.4, -0.2) is 59.3 Å². The highest BCUT2D eigenvalue weighted by Gasteiger charge is 2.33. The van der Waals surface area contributed by atoms with Gasteiger partial charge in [0.1, 0.15) is 5.75 Å². The maximum Gasteiger partial charge on any atom is 0.243 e. The molecule has 0 bridgehead atoms. The summed E-state index contributed by atoms with van der Waals surface area (Å²) in [7, 11) is 0. The quantitative estimate of drug-likeness (QED) is 0.0396. The van der Waals surface area contributed by atoms with Crippen LogP contribution in [0, 0.1) is 0 Å². The molecule has 0 aliphatic carbocycles. The predicted octanol–water partition coefficient (Wildman–Crippen LogP) is 5.55. The Morgan fingerprint density at radius 2 is 1.58 bits per heavy atom. The lowest BCUT2D eigenvalue weighted by Gasteiger charge is -2.36. The molecule has 0 radical (unpaired) electrons. The predicted molar refractivity (Wildman–Crippen MR) is 192 cm³/mol. The minimum atomic E-state index is -0.651. The maximum absolute atomic E-state index is 12.5. The molecule has 2 heterocycles. The van der Waals surface area contributed by atoms with Crippen LogP contribution in [0.15, 0.2) is 102 Å². The van der Waals surface area contributed by atoms with Gasteiger partial charge < -0.3 is 25.0 Å². The number of tetrazole rings is 1. The van der Waals surface area contributed by atoms with Crippen LogP contribution in [0.1, 0.15) is 66.8 Å². The Hall–Kier alpha value is -5.12. The van der Waals surface area contributed by atoms with E-state index in [0.717, 1.165) is 39.1 Å². The van der Waals surface area contributed by atoms with E-state index in [-0.39, 0.29) is 36.9 Å². The molecule has 14 heteroatoms. The lowest BCUT2D eigenvalue weighted by molar-refractivity contribution is -0.245. The molecule has 0 spiro atoms. The highest BCUT2D eigenvalue weighted by Crippen LogP contribution is 2.40. The third-order valence-electron chi connectivity index (χ3n) is 8.72. The first kappa shape index (κ1) is 36.7. The molecule has 4 aromatic carbocycles. The largest absolute Gasteiger partial charge is 0.508 e. The van der Waals surface area contributed by atoms with Crippen molar-refractivity contribution in [2.24, 2.45) is 0 Å². The van der Waals surface area contributed by atoms with E-state index < -0.39 is 12.2 Å². The van der Waals surface area contributed by atoms with Gasteiger partial charge in [0.05, 0.1) is 24.5 Å². The summed E-state index contributed by atoms with van der Waals surface area (Å²) in [5.74, 6) is 0.144. The molecule has 0 saturated carbocycles. The number of amides is 2. The van der Waals surface area contributed by atoms with Gasteiger partial charge in [-0.25, -0.2) is 5.48 Å². The van der Waals surface area contributed by atoms with Crippen LogP contribution < -0.4 is 10.8 Å². The number of carbonyl (C=O) groups is 2. The molecule has 270 valence electrons. The molecule has 52 heavy (non-hydrogen) atoms. The SMILES string of the molecule is O=C(CCCCC(=O)NCc1ccccc1-c1ccc([C@H]2O[C@@H](CSc3nnnn3-c3ccc(O)cc3)C[C@@H](c3ccc(CO)cc3)O2)cc1)NO. The Bertz CT molecular complexity index is 1920. The third kappa shape index (κ3) is 9.60. The zero-order chi connectivity index (χ0) is 36.3. The average molecular weight is 725 g/mol. The van der Waals surface area contributed by atoms with Gasteiger partial charge in [-0.3, -0.25) is 14.8 Å². The molecular formula is C38H40N6O7S. The summed E-state index contributed by atoms with van der Waals surface area (Å²) < 4.78 is 14.7. The molecule has 1 aromatic heterocycles. The van der Waals surface area contributed by atoms with Crippen molar-refractivity contribution in [1.29, 1.82) is 0 Å². The van der Waals surface area contributed by atoms with E-state index in [1.807, 2.05) is 72.8 Å². The Balaban J connectivity index is 1.14. The highest BCUT2D eigenvalue weighted by atomic mass is 32.2. The van der Waals surface area contributed by atoms with Gasteiger partial charge in [0.25, 0.3) is 0 Å². The fraction of sp³-hybridized carbons (Fsp3) is 0.289. The van der Waals surface area contributed by atoms with Gasteiger partial charge in [-0.1, -0.05) is 84.6 Å². The van der Waals surface area contributed by atoms with Gasteiger partial charge in [0, 0.05) is 37.1 Å². The van der Waals surface area contributed by atoms with Crippen LogP contribution >= 0.6 is 11.8 Å². The molecule has 2 amide bonds. The highest BCUT2D eigenvalue weighted by molar-refractivity contribution is 7.99. The van der Waals surface area contributed by atoms with Gasteiger partial charge in [-0.05, 0) is 75.4 Å². The number of carbonyl (C=O) groups excluding carboxylic acids is 2. The van der Waals surface area contributed by atoms with Gasteiger partial charge in [0.15, 0.2) is 6.29 Å². The van der Waals surface area contributed by atoms with Crippen molar-refractivity contribution in [1.82, 2.24) is 31.0 Å². The number of benzene rings is 4. The van der Waals surface area contributed by atoms with Crippen LogP contribution in [0.3, 0.4) is 0 Å². The average Bonchev–Trinajstić information content (AvgIpc) is 3.67. The Labute approximate surface area is 304 Å². The van der Waals surface area contributed by atoms with Crippen LogP contribution in [0.25, 0.3) is 16.8 Å². The second kappa shape index (κ2) is 17.9. The normalized spacial score (nSPS) is 17.1. The summed E-state index contributed by atoms with van der Waals surface area (Å²) in [5.41, 5.74) is 7.91. The van der Waals surface area contributed by atoms with E-state index >= 15 is 0 Å². The third-order valence-corrected chi connectivity index (χ3v) is 9.77. The lowest BCUT2D eigenvalue weighted by atomic mass is 9.97. The van der Waals surface area contributed by atoms with Crippen molar-refractivity contribution in [3.63, 3.8) is 0 Å². The number of unbranched alkanes of at least 4 members (excludes halogenated alkanes) is 1. The molecule has 6 rings (SSSR count). The lowest BCUT2D eigenvalue weighted by Crippen LogP contribution is -2.31. The summed E-state index contributed by atoms with van der Waals surface area (Å²) in [5, 5.41) is 43.7. The number of nitrogens with zero attached hydrogens (tertiary/aromatic N) is 4. The smallest absolute Gasteiger partial charge is 0.243 e. The molecule has 3 atom stereocenters. The van der Waals surface area contributed by atoms with Crippen molar-refractivity contribution in [2.75, 3.05) is 5.75 Å². The molecule has 1 fully saturated rings. The molecule has 13 nitrogen and oxygen atoms in total. The second-order valence-corrected chi connectivity index (χ2v) is 13.3. The number of hydrogen-bond acceptors (Lipinski definition) is 11. The summed E-state index contributed by atoms with van der Waals surface area (Å²) in [6, 6.07) is 30.3. The van der Waals surface area contributed by atoms with E-state index in [1.165, 1.54) is 11.8 Å². The van der Waals surface area contributed by atoms with E-state index in [9.17, 15) is 19.8 Å². The number of aromatic hydroxyl groups is 1. The number of hydrogen-bond donors (Lipinski definition) is 5. The first-order chi connectivity index (χ1) is 25.4. The number of aliphatic hydroxyl groups excluding tert-OH is 1. The van der Waals surface area contributed by atoms with E-state index in [2.05, 4.69) is 20.8 Å². The molecular weight excluding hydrogens is 685 g/mol. The van der Waals surface area contributed by atoms with Crippen LogP contribution in [0.4, 0.5) is 0 Å². The topological polar surface area (TPSA) is 181 Å². The van der Waals surface area contributed by atoms with Crippen molar-refractivity contribution in [2.45, 2.75) is 68.9 Å². The number of ether oxygens (including phenoxy) is 2. The molecule has 5 N–H and O–H groups in total. The van der Waals surface area contributed by atoms with Gasteiger partial charge in [-0.2, -0.15) is 4.68 Å². The number of aliphatic hydroxyl groups is 1. The van der Waals surface area contributed by atoms with Crippen LogP contribution in [0.2, 0.25) is 0 Å². The Morgan fingerprint density at radius 1 is 0.865 bits per heavy atom. The number of aromatic nitrogens is 4. The molecule has 0 unspecified atom stereocenters. The van der Waals surface area contributed by atoms with E-state index in [4.69, 9.17) is 14.7 Å². The van der Waals surface area contributed by atoms with Crippen molar-refractivity contribution < 1.29 is 34.5 Å². The summed E-state index contributed by atoms with van der Waals surface area (Å²) >= 11 is 1.47. The van der Waals surface area contributed by atoms with Gasteiger partial charge in [0.2, 0.25) is 17.0 Å². The summed E-state index contributed by atoms with van der Waals surface area (Å²) in [4.78, 5) is 23.7. The number of phenols is 1. The number of phenolic OH excluding ortho intramolecular Hbond substituents is 1. The minimum Gasteiger partial charge on any atom is -0.508 e. The zero-order valence-electron chi connectivity index (χ0n) is 28.3. The van der Waals surface area contributed by atoms with E-state index in [0.29, 0.717) is 43.1 Å². The number of hydroxylamine groups is 1. The summed E-state index contributed by atoms with van der Waals surface area (Å²) in [6.45, 7) is 0.316. The van der Waals surface area contributed by atoms with Gasteiger partial charge in [-0.15, -0.1) is 5.10 Å². The van der Waals surface area contributed by atoms with Crippen LogP contribution in [0.5, 0.6) is 5.75 Å². The Kier molecular flexibility index (Phi) is 12.6. The standard InChI is InChI=1S/C38H40N6O7S/c45-23-25-9-11-27(12-10-25)34-21-32(24-52-38-40-42-43-44(38)30-17-19-31(46)20-18-30)50-37(51-34)28-15-13-26(14-16-28)33-6-2-1-5-29(33)22-39-35(47)7-3-4-8-36(48)41-49/h1-2,5-6,9-20,32,34,37,45-46,49H,3-4,7-8,21-24H2,(H,39,47)(H,41,48)/t32-,34+,37+/m1/s1. The molecule has 1 aliphatic heterocycles. The van der Waals surface area contributed by atoms with Crippen molar-refractivity contribution in [3.8, 4) is 22.6 Å². The molecule has 1 saturated heterocycles. The van der Waals surface area contributed by atoms with Crippen molar-refractivity contribution in [3.05, 3.63) is 119 Å². The Morgan fingerprint density at radius 3 is 2.31 bits per heavy atom. The second-order valence-electron chi connectivity index (χ2n) is 12.3. The number of thioether (sulfide) groups is 1. The van der Waals surface area contributed by atoms with Gasteiger partial charge >= 0.3 is 0 Å². The van der Waals surface area contributed by atoms with E-state index in [1.54, 1.807) is 34.4 Å². The number of rotatable bonds is 15.